The van der Waals surface area contributed by atoms with Crippen LogP contribution in [0.4, 0.5) is 0 Å². The highest BCUT2D eigenvalue weighted by Crippen LogP contribution is 2.13. The van der Waals surface area contributed by atoms with Gasteiger partial charge in [-0.3, -0.25) is 0 Å². The first kappa shape index (κ1) is 9.66. The van der Waals surface area contributed by atoms with E-state index < -0.39 is 12.2 Å². The predicted molar refractivity (Wildman–Crippen MR) is 41.7 cm³/mol. The van der Waals surface area contributed by atoms with Gasteiger partial charge >= 0.3 is 0 Å². The van der Waals surface area contributed by atoms with Gasteiger partial charge in [0.25, 0.3) is 0 Å². The highest BCUT2D eigenvalue weighted by molar-refractivity contribution is 4.99. The second kappa shape index (κ2) is 3.74. The predicted octanol–water partition coefficient (Wildman–Crippen LogP) is 0.940. The number of aliphatic hydroxyl groups is 2. The Morgan fingerprint density at radius 1 is 1.30 bits per heavy atom. The lowest BCUT2D eigenvalue weighted by atomic mass is 9.95. The summed E-state index contributed by atoms with van der Waals surface area (Å²) < 4.78 is 0. The van der Waals surface area contributed by atoms with Gasteiger partial charge in [-0.2, -0.15) is 0 Å². The van der Waals surface area contributed by atoms with Crippen molar-refractivity contribution in [3.8, 4) is 0 Å². The SMILES string of the molecule is C=C(C)[C@@H](O)[C@@H](C)[C@H](C)O. The third-order valence-corrected chi connectivity index (χ3v) is 1.76. The number of aliphatic hydroxyl groups excluding tert-OH is 2. The summed E-state index contributed by atoms with van der Waals surface area (Å²) in [6.07, 6.45) is -1.06. The van der Waals surface area contributed by atoms with Crippen molar-refractivity contribution in [2.75, 3.05) is 0 Å². The molecule has 2 N–H and O–H groups in total. The van der Waals surface area contributed by atoms with Crippen LogP contribution in [0.2, 0.25) is 0 Å². The summed E-state index contributed by atoms with van der Waals surface area (Å²) in [5.74, 6) is -0.127. The second-order valence-electron chi connectivity index (χ2n) is 2.89. The summed E-state index contributed by atoms with van der Waals surface area (Å²) >= 11 is 0. The van der Waals surface area contributed by atoms with Gasteiger partial charge in [0.15, 0.2) is 0 Å². The zero-order valence-corrected chi connectivity index (χ0v) is 6.83. The van der Waals surface area contributed by atoms with Crippen LogP contribution >= 0.6 is 0 Å². The van der Waals surface area contributed by atoms with Crippen LogP contribution in [-0.4, -0.2) is 22.4 Å². The molecule has 0 amide bonds. The average Bonchev–Trinajstić information content (AvgIpc) is 1.84. The van der Waals surface area contributed by atoms with Crippen molar-refractivity contribution in [2.24, 2.45) is 5.92 Å². The van der Waals surface area contributed by atoms with Gasteiger partial charge in [-0.1, -0.05) is 19.1 Å². The quantitative estimate of drug-likeness (QED) is 0.579. The highest BCUT2D eigenvalue weighted by Gasteiger charge is 2.18. The lowest BCUT2D eigenvalue weighted by Crippen LogP contribution is -2.27. The third kappa shape index (κ3) is 2.50. The van der Waals surface area contributed by atoms with E-state index in [1.807, 2.05) is 0 Å². The largest absolute Gasteiger partial charge is 0.393 e. The molecule has 0 saturated heterocycles. The summed E-state index contributed by atoms with van der Waals surface area (Å²) in [5, 5.41) is 18.3. The molecule has 0 bridgehead atoms. The minimum Gasteiger partial charge on any atom is -0.393 e. The fourth-order valence-electron chi connectivity index (χ4n) is 0.713. The van der Waals surface area contributed by atoms with Crippen molar-refractivity contribution in [3.63, 3.8) is 0 Å². The molecule has 0 aromatic carbocycles. The van der Waals surface area contributed by atoms with Gasteiger partial charge in [0.2, 0.25) is 0 Å². The van der Waals surface area contributed by atoms with Crippen LogP contribution in [-0.2, 0) is 0 Å². The minimum absolute atomic E-state index is 0.127. The Morgan fingerprint density at radius 2 is 1.70 bits per heavy atom. The van der Waals surface area contributed by atoms with Gasteiger partial charge in [-0.15, -0.1) is 0 Å². The van der Waals surface area contributed by atoms with E-state index in [0.29, 0.717) is 5.57 Å². The summed E-state index contributed by atoms with van der Waals surface area (Å²) in [7, 11) is 0. The zero-order valence-electron chi connectivity index (χ0n) is 6.83. The molecule has 0 aliphatic carbocycles. The maximum Gasteiger partial charge on any atom is 0.0794 e. The second-order valence-corrected chi connectivity index (χ2v) is 2.89. The van der Waals surface area contributed by atoms with Crippen LogP contribution < -0.4 is 0 Å². The summed E-state index contributed by atoms with van der Waals surface area (Å²) in [6, 6.07) is 0. The van der Waals surface area contributed by atoms with Crippen molar-refractivity contribution in [3.05, 3.63) is 12.2 Å². The van der Waals surface area contributed by atoms with E-state index in [1.165, 1.54) is 0 Å². The van der Waals surface area contributed by atoms with Gasteiger partial charge in [0.1, 0.15) is 0 Å². The lowest BCUT2D eigenvalue weighted by molar-refractivity contribution is 0.0510. The molecule has 0 aromatic rings. The normalized spacial score (nSPS) is 19.7. The Morgan fingerprint density at radius 3 is 1.80 bits per heavy atom. The fraction of sp³-hybridized carbons (Fsp3) is 0.750. The van der Waals surface area contributed by atoms with Crippen molar-refractivity contribution in [2.45, 2.75) is 33.0 Å². The van der Waals surface area contributed by atoms with E-state index in [9.17, 15) is 5.11 Å². The van der Waals surface area contributed by atoms with Crippen molar-refractivity contribution < 1.29 is 10.2 Å². The molecule has 60 valence electrons. The Balaban J connectivity index is 3.94. The standard InChI is InChI=1S/C8H16O2/c1-5(2)8(10)6(3)7(4)9/h6-10H,1H2,2-4H3/t6-,7-,8+/m0/s1. The van der Waals surface area contributed by atoms with Crippen molar-refractivity contribution >= 4 is 0 Å². The molecule has 0 heterocycles. The Kier molecular flexibility index (Phi) is 3.61. The van der Waals surface area contributed by atoms with E-state index >= 15 is 0 Å². The Bertz CT molecular complexity index is 118. The highest BCUT2D eigenvalue weighted by atomic mass is 16.3. The maximum atomic E-state index is 9.31. The summed E-state index contributed by atoms with van der Waals surface area (Å²) in [4.78, 5) is 0. The summed E-state index contributed by atoms with van der Waals surface area (Å²) in [6.45, 7) is 8.81. The number of hydrogen-bond donors (Lipinski definition) is 2. The molecule has 0 rings (SSSR count). The van der Waals surface area contributed by atoms with Gasteiger partial charge < -0.3 is 10.2 Å². The maximum absolute atomic E-state index is 9.31. The monoisotopic (exact) mass is 144 g/mol. The van der Waals surface area contributed by atoms with Gasteiger partial charge in [-0.25, -0.2) is 0 Å². The van der Waals surface area contributed by atoms with Gasteiger partial charge in [0.05, 0.1) is 12.2 Å². The molecule has 10 heavy (non-hydrogen) atoms. The molecular weight excluding hydrogens is 128 g/mol. The van der Waals surface area contributed by atoms with Crippen molar-refractivity contribution in [1.82, 2.24) is 0 Å². The van der Waals surface area contributed by atoms with Crippen LogP contribution in [0.3, 0.4) is 0 Å². The molecule has 2 nitrogen and oxygen atoms in total. The molecule has 0 radical (unpaired) electrons. The summed E-state index contributed by atoms with van der Waals surface area (Å²) in [5.41, 5.74) is 0.702. The first-order valence-corrected chi connectivity index (χ1v) is 3.48. The first-order valence-electron chi connectivity index (χ1n) is 3.48. The number of rotatable bonds is 3. The zero-order chi connectivity index (χ0) is 8.31. The topological polar surface area (TPSA) is 40.5 Å². The Labute approximate surface area is 62.2 Å². The average molecular weight is 144 g/mol. The van der Waals surface area contributed by atoms with Gasteiger partial charge in [0, 0.05) is 5.92 Å². The van der Waals surface area contributed by atoms with E-state index in [1.54, 1.807) is 20.8 Å². The Hall–Kier alpha value is -0.340. The molecule has 0 aliphatic rings. The fourth-order valence-corrected chi connectivity index (χ4v) is 0.713. The van der Waals surface area contributed by atoms with E-state index in [0.717, 1.165) is 0 Å². The molecule has 0 aliphatic heterocycles. The van der Waals surface area contributed by atoms with Crippen LogP contribution in [0, 0.1) is 5.92 Å². The molecule has 2 heteroatoms. The van der Waals surface area contributed by atoms with Crippen LogP contribution in [0.5, 0.6) is 0 Å². The molecule has 0 unspecified atom stereocenters. The van der Waals surface area contributed by atoms with Crippen LogP contribution in [0.15, 0.2) is 12.2 Å². The van der Waals surface area contributed by atoms with Crippen molar-refractivity contribution in [1.29, 1.82) is 0 Å². The molecule has 0 spiro atoms. The van der Waals surface area contributed by atoms with E-state index in [-0.39, 0.29) is 5.92 Å². The van der Waals surface area contributed by atoms with Crippen LogP contribution in [0.25, 0.3) is 0 Å². The molecule has 0 aromatic heterocycles. The van der Waals surface area contributed by atoms with Crippen LogP contribution in [0.1, 0.15) is 20.8 Å². The third-order valence-electron chi connectivity index (χ3n) is 1.76. The smallest absolute Gasteiger partial charge is 0.0794 e. The molecule has 3 atom stereocenters. The molecule has 0 fully saturated rings. The molecule has 0 saturated carbocycles. The number of hydrogen-bond acceptors (Lipinski definition) is 2. The minimum atomic E-state index is -0.583. The van der Waals surface area contributed by atoms with Gasteiger partial charge in [-0.05, 0) is 13.8 Å². The first-order chi connectivity index (χ1) is 4.46. The van der Waals surface area contributed by atoms with E-state index in [2.05, 4.69) is 6.58 Å². The van der Waals surface area contributed by atoms with E-state index in [4.69, 9.17) is 5.11 Å². The molecular formula is C8H16O2. The lowest BCUT2D eigenvalue weighted by Gasteiger charge is -2.21.